The van der Waals surface area contributed by atoms with E-state index >= 15 is 0 Å². The summed E-state index contributed by atoms with van der Waals surface area (Å²) in [5.41, 5.74) is 1.01. The molecule has 34 heavy (non-hydrogen) atoms. The third-order valence-electron chi connectivity index (χ3n) is 6.93. The van der Waals surface area contributed by atoms with Gasteiger partial charge in [-0.05, 0) is 44.2 Å². The van der Waals surface area contributed by atoms with Crippen molar-refractivity contribution in [3.05, 3.63) is 42.1 Å². The number of amides is 1. The SMILES string of the molecule is C=CC(=O)N1CCCCC12CC(Oc1nc(Nc3ncc(C)s3)cc3c1ccn3CC(C)C)C2. The number of rotatable bonds is 7. The van der Waals surface area contributed by atoms with Crippen molar-refractivity contribution in [1.82, 2.24) is 19.4 Å². The van der Waals surface area contributed by atoms with Crippen LogP contribution < -0.4 is 10.1 Å². The lowest BCUT2D eigenvalue weighted by molar-refractivity contribution is -0.146. The van der Waals surface area contributed by atoms with Gasteiger partial charge in [-0.2, -0.15) is 4.98 Å². The van der Waals surface area contributed by atoms with Crippen molar-refractivity contribution < 1.29 is 9.53 Å². The zero-order valence-corrected chi connectivity index (χ0v) is 21.0. The molecule has 0 radical (unpaired) electrons. The number of likely N-dealkylation sites (tertiary alicyclic amines) is 1. The van der Waals surface area contributed by atoms with E-state index in [4.69, 9.17) is 9.72 Å². The summed E-state index contributed by atoms with van der Waals surface area (Å²) < 4.78 is 8.77. The van der Waals surface area contributed by atoms with E-state index in [0.29, 0.717) is 11.8 Å². The number of nitrogens with one attached hydrogen (secondary N) is 1. The second-order valence-electron chi connectivity index (χ2n) is 10.0. The molecule has 2 fully saturated rings. The van der Waals surface area contributed by atoms with E-state index in [0.717, 1.165) is 71.9 Å². The number of hydrogen-bond acceptors (Lipinski definition) is 6. The van der Waals surface area contributed by atoms with Gasteiger partial charge in [0.1, 0.15) is 11.9 Å². The van der Waals surface area contributed by atoms with E-state index in [9.17, 15) is 4.79 Å². The summed E-state index contributed by atoms with van der Waals surface area (Å²) in [6.07, 6.45) is 10.4. The third-order valence-corrected chi connectivity index (χ3v) is 7.76. The maximum absolute atomic E-state index is 12.5. The number of ether oxygens (including phenoxy) is 1. The summed E-state index contributed by atoms with van der Waals surface area (Å²) in [7, 11) is 0. The van der Waals surface area contributed by atoms with Crippen LogP contribution in [0.4, 0.5) is 10.9 Å². The summed E-state index contributed by atoms with van der Waals surface area (Å²) in [4.78, 5) is 24.9. The minimum Gasteiger partial charge on any atom is -0.474 e. The van der Waals surface area contributed by atoms with Crippen LogP contribution >= 0.6 is 11.3 Å². The largest absolute Gasteiger partial charge is 0.474 e. The Morgan fingerprint density at radius 2 is 2.24 bits per heavy atom. The molecule has 1 aliphatic carbocycles. The second kappa shape index (κ2) is 9.06. The summed E-state index contributed by atoms with van der Waals surface area (Å²) >= 11 is 1.60. The zero-order chi connectivity index (χ0) is 23.9. The van der Waals surface area contributed by atoms with Gasteiger partial charge in [0, 0.05) is 49.3 Å². The molecule has 0 aromatic carbocycles. The van der Waals surface area contributed by atoms with Crippen molar-refractivity contribution in [2.24, 2.45) is 5.92 Å². The third kappa shape index (κ3) is 4.31. The lowest BCUT2D eigenvalue weighted by Crippen LogP contribution is -2.64. The Labute approximate surface area is 204 Å². The molecule has 7 nitrogen and oxygen atoms in total. The van der Waals surface area contributed by atoms with Crippen LogP contribution in [0.1, 0.15) is 50.8 Å². The average molecular weight is 480 g/mol. The van der Waals surface area contributed by atoms with E-state index < -0.39 is 0 Å². The number of pyridine rings is 1. The van der Waals surface area contributed by atoms with E-state index in [1.807, 2.05) is 18.0 Å². The lowest BCUT2D eigenvalue weighted by Gasteiger charge is -2.55. The van der Waals surface area contributed by atoms with E-state index in [1.165, 1.54) is 6.08 Å². The normalized spacial score (nSPS) is 22.2. The maximum atomic E-state index is 12.5. The monoisotopic (exact) mass is 479 g/mol. The van der Waals surface area contributed by atoms with Crippen LogP contribution in [0.25, 0.3) is 10.9 Å². The fraction of sp³-hybridized carbons (Fsp3) is 0.500. The van der Waals surface area contributed by atoms with Gasteiger partial charge in [0.15, 0.2) is 5.13 Å². The highest BCUT2D eigenvalue weighted by atomic mass is 32.1. The second-order valence-corrected chi connectivity index (χ2v) is 11.3. The fourth-order valence-electron chi connectivity index (χ4n) is 5.39. The molecule has 0 bridgehead atoms. The Kier molecular flexibility index (Phi) is 6.10. The minimum absolute atomic E-state index is 0.0364. The van der Waals surface area contributed by atoms with Gasteiger partial charge in [-0.15, -0.1) is 11.3 Å². The number of hydrogen-bond donors (Lipinski definition) is 1. The van der Waals surface area contributed by atoms with Gasteiger partial charge in [0.25, 0.3) is 0 Å². The summed E-state index contributed by atoms with van der Waals surface area (Å²) in [6, 6.07) is 4.18. The molecule has 1 N–H and O–H groups in total. The van der Waals surface area contributed by atoms with Gasteiger partial charge < -0.3 is 19.5 Å². The van der Waals surface area contributed by atoms with Crippen molar-refractivity contribution in [3.63, 3.8) is 0 Å². The van der Waals surface area contributed by atoms with Crippen LogP contribution in [-0.2, 0) is 11.3 Å². The molecule has 1 saturated carbocycles. The molecule has 1 spiro atoms. The lowest BCUT2D eigenvalue weighted by atomic mass is 9.68. The molecule has 0 unspecified atom stereocenters. The summed E-state index contributed by atoms with van der Waals surface area (Å²) in [5.74, 6) is 1.94. The number of aryl methyl sites for hydroxylation is 1. The van der Waals surface area contributed by atoms with Gasteiger partial charge in [0.05, 0.1) is 16.4 Å². The van der Waals surface area contributed by atoms with Crippen molar-refractivity contribution >= 4 is 39.1 Å². The Morgan fingerprint density at radius 3 is 2.94 bits per heavy atom. The standard InChI is InChI=1S/C26H33N5O2S/c1-5-23(32)31-10-7-6-9-26(31)13-19(14-26)33-24-20-8-11-30(16-17(2)3)21(20)12-22(28-24)29-25-27-15-18(4)34-25/h5,8,11-12,15,17,19H,1,6-7,9-10,13-14,16H2,2-4H3,(H,27,28,29). The molecule has 1 amide bonds. The average Bonchev–Trinajstić information content (AvgIpc) is 3.38. The predicted molar refractivity (Wildman–Crippen MR) is 137 cm³/mol. The quantitative estimate of drug-likeness (QED) is 0.442. The van der Waals surface area contributed by atoms with Gasteiger partial charge in [-0.1, -0.05) is 20.4 Å². The van der Waals surface area contributed by atoms with Crippen molar-refractivity contribution in [2.45, 2.75) is 71.1 Å². The van der Waals surface area contributed by atoms with Gasteiger partial charge in [-0.3, -0.25) is 4.79 Å². The molecule has 180 valence electrons. The first-order valence-electron chi connectivity index (χ1n) is 12.2. The van der Waals surface area contributed by atoms with Crippen LogP contribution in [0.2, 0.25) is 0 Å². The number of fused-ring (bicyclic) bond motifs is 1. The molecule has 3 aromatic heterocycles. The highest BCUT2D eigenvalue weighted by Crippen LogP contribution is 2.46. The van der Waals surface area contributed by atoms with Gasteiger partial charge >= 0.3 is 0 Å². The Morgan fingerprint density at radius 1 is 1.41 bits per heavy atom. The smallest absolute Gasteiger partial charge is 0.246 e. The number of carbonyl (C=O) groups excluding carboxylic acids is 1. The molecule has 1 saturated heterocycles. The highest BCUT2D eigenvalue weighted by molar-refractivity contribution is 7.15. The molecular formula is C26H33N5O2S. The van der Waals surface area contributed by atoms with E-state index in [1.54, 1.807) is 11.3 Å². The van der Waals surface area contributed by atoms with Crippen LogP contribution in [0.15, 0.2) is 37.2 Å². The number of thiazole rings is 1. The molecule has 0 atom stereocenters. The zero-order valence-electron chi connectivity index (χ0n) is 20.2. The number of nitrogens with zero attached hydrogens (tertiary/aromatic N) is 4. The number of piperidine rings is 1. The molecular weight excluding hydrogens is 446 g/mol. The van der Waals surface area contributed by atoms with Crippen molar-refractivity contribution in [1.29, 1.82) is 0 Å². The molecule has 3 aromatic rings. The molecule has 4 heterocycles. The first-order chi connectivity index (χ1) is 16.4. The fourth-order valence-corrected chi connectivity index (χ4v) is 6.06. The first-order valence-corrected chi connectivity index (χ1v) is 13.0. The first kappa shape index (κ1) is 22.9. The van der Waals surface area contributed by atoms with Crippen molar-refractivity contribution in [2.75, 3.05) is 11.9 Å². The minimum atomic E-state index is -0.0921. The predicted octanol–water partition coefficient (Wildman–Crippen LogP) is 5.68. The molecule has 5 rings (SSSR count). The van der Waals surface area contributed by atoms with Gasteiger partial charge in [-0.25, -0.2) is 4.98 Å². The molecule has 2 aliphatic rings. The van der Waals surface area contributed by atoms with Crippen LogP contribution in [0, 0.1) is 12.8 Å². The molecule has 8 heteroatoms. The number of anilines is 2. The number of carbonyl (C=O) groups is 1. The van der Waals surface area contributed by atoms with Gasteiger partial charge in [0.2, 0.25) is 11.8 Å². The van der Waals surface area contributed by atoms with Crippen LogP contribution in [0.3, 0.4) is 0 Å². The van der Waals surface area contributed by atoms with Crippen molar-refractivity contribution in [3.8, 4) is 5.88 Å². The highest BCUT2D eigenvalue weighted by Gasteiger charge is 2.52. The Hall–Kier alpha value is -2.87. The number of aromatic nitrogens is 3. The summed E-state index contributed by atoms with van der Waals surface area (Å²) in [5, 5.41) is 5.20. The summed E-state index contributed by atoms with van der Waals surface area (Å²) in [6.45, 7) is 11.9. The van der Waals surface area contributed by atoms with E-state index in [2.05, 4.69) is 53.6 Å². The Bertz CT molecular complexity index is 1210. The maximum Gasteiger partial charge on any atom is 0.246 e. The van der Waals surface area contributed by atoms with Crippen LogP contribution in [-0.4, -0.2) is 43.5 Å². The van der Waals surface area contributed by atoms with E-state index in [-0.39, 0.29) is 17.6 Å². The topological polar surface area (TPSA) is 72.3 Å². The Balaban J connectivity index is 1.41. The molecule has 1 aliphatic heterocycles. The van der Waals surface area contributed by atoms with Crippen LogP contribution in [0.5, 0.6) is 5.88 Å².